The first-order chi connectivity index (χ1) is 11.5. The van der Waals surface area contributed by atoms with Gasteiger partial charge in [0.15, 0.2) is 0 Å². The average molecular weight is 407 g/mol. The highest BCUT2D eigenvalue weighted by molar-refractivity contribution is 8.48. The summed E-state index contributed by atoms with van der Waals surface area (Å²) in [5.41, 5.74) is -0.192. The molecular weight excluding hydrogens is 371 g/mol. The molecule has 0 N–H and O–H groups in total. The molecule has 0 spiro atoms. The monoisotopic (exact) mass is 406 g/mol. The smallest absolute Gasteiger partial charge is 0.304 e. The topological polar surface area (TPSA) is 9.23 Å². The molecular formula is C19H35F5OS. The average Bonchev–Trinajstić information content (AvgIpc) is 2.41. The van der Waals surface area contributed by atoms with E-state index in [0.29, 0.717) is 19.1 Å². The molecule has 0 aromatic rings. The number of unbranched alkanes of at least 4 members (excludes halogenated alkanes) is 6. The summed E-state index contributed by atoms with van der Waals surface area (Å²) in [5, 5.41) is -0.841. The summed E-state index contributed by atoms with van der Waals surface area (Å²) < 4.78 is 66.2. The molecule has 0 radical (unpaired) electrons. The lowest BCUT2D eigenvalue weighted by Crippen LogP contribution is -2.31. The first-order valence-electron chi connectivity index (χ1n) is 9.15. The Kier molecular flexibility index (Phi) is 8.45. The van der Waals surface area contributed by atoms with Gasteiger partial charge in [0.1, 0.15) is 0 Å². The normalized spacial score (nSPS) is 16.5. The lowest BCUT2D eigenvalue weighted by atomic mass is 9.82. The Morgan fingerprint density at radius 2 is 1.35 bits per heavy atom. The standard InChI is InChI=1S/C19H35F5OS/c1-6-18(2,3)17-19(4,5)25-15-13-11-9-7-8-10-12-14-16-26(20,21,22,23)24/h6,14,16H,1,7-13,15,17H2,2-5H3/b16-14+. The van der Waals surface area contributed by atoms with Gasteiger partial charge in [-0.15, -0.1) is 6.58 Å². The minimum absolute atomic E-state index is 0.0236. The molecule has 0 aliphatic rings. The predicted molar refractivity (Wildman–Crippen MR) is 103 cm³/mol. The lowest BCUT2D eigenvalue weighted by Gasteiger charge is -2.36. The highest BCUT2D eigenvalue weighted by Crippen LogP contribution is 2.98. The van der Waals surface area contributed by atoms with Crippen LogP contribution in [0.1, 0.15) is 79.1 Å². The zero-order valence-corrected chi connectivity index (χ0v) is 17.3. The van der Waals surface area contributed by atoms with Gasteiger partial charge in [-0.05, 0) is 44.9 Å². The van der Waals surface area contributed by atoms with Crippen LogP contribution in [0.15, 0.2) is 24.1 Å². The summed E-state index contributed by atoms with van der Waals surface area (Å²) in [4.78, 5) is 0. The molecule has 0 bridgehead atoms. The molecule has 0 fully saturated rings. The summed E-state index contributed by atoms with van der Waals surface area (Å²) in [6, 6.07) is 0. The quantitative estimate of drug-likeness (QED) is 0.159. The van der Waals surface area contributed by atoms with Crippen molar-refractivity contribution >= 4 is 10.2 Å². The Morgan fingerprint density at radius 1 is 0.846 bits per heavy atom. The third kappa shape index (κ3) is 16.9. The fourth-order valence-corrected chi connectivity index (χ4v) is 3.39. The largest absolute Gasteiger partial charge is 0.376 e. The maximum Gasteiger partial charge on any atom is 0.304 e. The van der Waals surface area contributed by atoms with Crippen LogP contribution in [-0.4, -0.2) is 12.2 Å². The van der Waals surface area contributed by atoms with Crippen LogP contribution < -0.4 is 0 Å². The number of hydrogen-bond donors (Lipinski definition) is 0. The molecule has 0 unspecified atom stereocenters. The summed E-state index contributed by atoms with van der Waals surface area (Å²) in [6.07, 6.45) is 8.40. The van der Waals surface area contributed by atoms with Crippen molar-refractivity contribution in [2.45, 2.75) is 84.7 Å². The van der Waals surface area contributed by atoms with Gasteiger partial charge in [-0.1, -0.05) is 71.1 Å². The van der Waals surface area contributed by atoms with E-state index in [9.17, 15) is 19.4 Å². The maximum atomic E-state index is 12.1. The highest BCUT2D eigenvalue weighted by Gasteiger charge is 2.60. The predicted octanol–water partition coefficient (Wildman–Crippen LogP) is 8.93. The van der Waals surface area contributed by atoms with Crippen molar-refractivity contribution in [1.82, 2.24) is 0 Å². The van der Waals surface area contributed by atoms with E-state index in [-0.39, 0.29) is 17.4 Å². The molecule has 7 heteroatoms. The van der Waals surface area contributed by atoms with Gasteiger partial charge < -0.3 is 4.74 Å². The van der Waals surface area contributed by atoms with Gasteiger partial charge in [-0.3, -0.25) is 0 Å². The van der Waals surface area contributed by atoms with E-state index in [2.05, 4.69) is 34.3 Å². The van der Waals surface area contributed by atoms with Crippen LogP contribution in [0.25, 0.3) is 0 Å². The number of hydrogen-bond acceptors (Lipinski definition) is 1. The Balaban J connectivity index is 3.72. The van der Waals surface area contributed by atoms with E-state index in [1.807, 2.05) is 6.08 Å². The van der Waals surface area contributed by atoms with Crippen molar-refractivity contribution in [3.05, 3.63) is 24.1 Å². The molecule has 1 nitrogen and oxygen atoms in total. The van der Waals surface area contributed by atoms with Gasteiger partial charge in [0.25, 0.3) is 0 Å². The van der Waals surface area contributed by atoms with Gasteiger partial charge in [-0.25, -0.2) is 0 Å². The molecule has 0 aromatic carbocycles. The minimum Gasteiger partial charge on any atom is -0.376 e. The molecule has 0 aliphatic carbocycles. The van der Waals surface area contributed by atoms with Gasteiger partial charge >= 0.3 is 10.2 Å². The Labute approximate surface area is 155 Å². The van der Waals surface area contributed by atoms with E-state index < -0.39 is 15.6 Å². The number of ether oxygens (including phenoxy) is 1. The van der Waals surface area contributed by atoms with Crippen LogP contribution >= 0.6 is 10.2 Å². The third-order valence-corrected chi connectivity index (χ3v) is 4.75. The fourth-order valence-electron chi connectivity index (χ4n) is 2.89. The zero-order chi connectivity index (χ0) is 20.6. The van der Waals surface area contributed by atoms with E-state index in [1.54, 1.807) is 0 Å². The molecule has 0 rings (SSSR count). The second-order valence-corrected chi connectivity index (χ2v) is 10.6. The van der Waals surface area contributed by atoms with Crippen LogP contribution in [0.5, 0.6) is 0 Å². The Hall–Kier alpha value is -0.560. The molecule has 0 atom stereocenters. The molecule has 0 amide bonds. The summed E-state index contributed by atoms with van der Waals surface area (Å²) in [7, 11) is -9.37. The number of halogens is 5. The van der Waals surface area contributed by atoms with Crippen molar-refractivity contribution in [2.24, 2.45) is 5.41 Å². The Bertz CT molecular complexity index is 465. The highest BCUT2D eigenvalue weighted by atomic mass is 32.5. The second-order valence-electron chi connectivity index (χ2n) is 8.29. The maximum absolute atomic E-state index is 12.1. The molecule has 0 heterocycles. The fraction of sp³-hybridized carbons (Fsp3) is 0.789. The zero-order valence-electron chi connectivity index (χ0n) is 16.5. The lowest BCUT2D eigenvalue weighted by molar-refractivity contribution is -0.0408. The van der Waals surface area contributed by atoms with E-state index >= 15 is 0 Å². The Morgan fingerprint density at radius 3 is 1.85 bits per heavy atom. The van der Waals surface area contributed by atoms with Crippen molar-refractivity contribution in [2.75, 3.05) is 6.61 Å². The molecule has 0 aromatic heterocycles. The van der Waals surface area contributed by atoms with Crippen molar-refractivity contribution in [1.29, 1.82) is 0 Å². The summed E-state index contributed by atoms with van der Waals surface area (Å²) in [6.45, 7) is 12.9. The van der Waals surface area contributed by atoms with Gasteiger partial charge in [0.05, 0.1) is 11.0 Å². The van der Waals surface area contributed by atoms with Crippen LogP contribution in [0.3, 0.4) is 0 Å². The number of rotatable bonds is 14. The molecule has 0 saturated carbocycles. The van der Waals surface area contributed by atoms with Crippen molar-refractivity contribution < 1.29 is 24.2 Å². The van der Waals surface area contributed by atoms with E-state index in [4.69, 9.17) is 4.74 Å². The van der Waals surface area contributed by atoms with Crippen molar-refractivity contribution in [3.8, 4) is 0 Å². The first-order valence-corrected chi connectivity index (χ1v) is 11.2. The van der Waals surface area contributed by atoms with Gasteiger partial charge in [-0.2, -0.15) is 0 Å². The third-order valence-electron chi connectivity index (χ3n) is 4.05. The van der Waals surface area contributed by atoms with Crippen LogP contribution in [0.2, 0.25) is 0 Å². The summed E-state index contributed by atoms with van der Waals surface area (Å²) >= 11 is 0. The molecule has 0 saturated heterocycles. The van der Waals surface area contributed by atoms with Gasteiger partial charge in [0, 0.05) is 6.61 Å². The molecule has 158 valence electrons. The van der Waals surface area contributed by atoms with Crippen molar-refractivity contribution in [3.63, 3.8) is 0 Å². The minimum atomic E-state index is -9.37. The molecule has 26 heavy (non-hydrogen) atoms. The SMILES string of the molecule is C=CC(C)(C)CC(C)(C)OCCCCCCCC/C=C/S(F)(F)(F)(F)F. The van der Waals surface area contributed by atoms with Gasteiger partial charge in [0.2, 0.25) is 0 Å². The van der Waals surface area contributed by atoms with Crippen LogP contribution in [0, 0.1) is 5.41 Å². The van der Waals surface area contributed by atoms with E-state index in [1.165, 1.54) is 0 Å². The van der Waals surface area contributed by atoms with Crippen LogP contribution in [0.4, 0.5) is 19.4 Å². The second kappa shape index (κ2) is 8.63. The first kappa shape index (κ1) is 25.4. The number of allylic oxidation sites excluding steroid dienone is 2. The van der Waals surface area contributed by atoms with E-state index in [0.717, 1.165) is 38.5 Å². The molecule has 0 aliphatic heterocycles. The van der Waals surface area contributed by atoms with Crippen LogP contribution in [-0.2, 0) is 4.74 Å². The summed E-state index contributed by atoms with van der Waals surface area (Å²) in [5.74, 6) is 0.